The van der Waals surface area contributed by atoms with E-state index in [1.54, 1.807) is 10.9 Å². The summed E-state index contributed by atoms with van der Waals surface area (Å²) >= 11 is 0. The predicted molar refractivity (Wildman–Crippen MR) is 110 cm³/mol. The predicted octanol–water partition coefficient (Wildman–Crippen LogP) is 4.38. The summed E-state index contributed by atoms with van der Waals surface area (Å²) < 4.78 is 44.9. The number of amides is 1. The Morgan fingerprint density at radius 1 is 1.21 bits per heavy atom. The van der Waals surface area contributed by atoms with Crippen LogP contribution in [-0.4, -0.2) is 33.3 Å². The molecule has 0 spiro atoms. The average molecular weight is 457 g/mol. The summed E-state index contributed by atoms with van der Waals surface area (Å²) in [7, 11) is 0. The van der Waals surface area contributed by atoms with Gasteiger partial charge in [-0.2, -0.15) is 10.4 Å². The van der Waals surface area contributed by atoms with Crippen LogP contribution in [0.15, 0.2) is 36.8 Å². The third-order valence-electron chi connectivity index (χ3n) is 5.53. The SMILES string of the molecule is N#Cc1cncc(C(=O)Nc2cc3cn(C4CCC(C=O)CC4)nc3cc2OC(F)(F)F)c1. The van der Waals surface area contributed by atoms with Gasteiger partial charge in [0.25, 0.3) is 5.91 Å². The van der Waals surface area contributed by atoms with Gasteiger partial charge in [0.15, 0.2) is 5.75 Å². The lowest BCUT2D eigenvalue weighted by Gasteiger charge is -2.25. The Kier molecular flexibility index (Phi) is 6.00. The van der Waals surface area contributed by atoms with E-state index in [1.807, 2.05) is 6.07 Å². The second-order valence-electron chi connectivity index (χ2n) is 7.80. The maximum atomic E-state index is 13.0. The molecule has 3 aromatic rings. The third-order valence-corrected chi connectivity index (χ3v) is 5.53. The van der Waals surface area contributed by atoms with E-state index in [0.717, 1.165) is 38.0 Å². The first-order valence-electron chi connectivity index (χ1n) is 10.2. The van der Waals surface area contributed by atoms with Crippen LogP contribution >= 0.6 is 0 Å². The lowest BCUT2D eigenvalue weighted by atomic mass is 9.87. The molecule has 1 amide bonds. The first-order chi connectivity index (χ1) is 15.8. The normalized spacial score (nSPS) is 18.5. The highest BCUT2D eigenvalue weighted by atomic mass is 19.4. The molecule has 0 radical (unpaired) electrons. The molecule has 2 heterocycles. The quantitative estimate of drug-likeness (QED) is 0.570. The van der Waals surface area contributed by atoms with Gasteiger partial charge >= 0.3 is 6.36 Å². The molecule has 11 heteroatoms. The molecule has 1 aliphatic carbocycles. The summed E-state index contributed by atoms with van der Waals surface area (Å²) in [5.41, 5.74) is 0.222. The average Bonchev–Trinajstić information content (AvgIpc) is 3.21. The Morgan fingerprint density at radius 3 is 2.64 bits per heavy atom. The minimum Gasteiger partial charge on any atom is -0.403 e. The molecule has 0 bridgehead atoms. The number of carbonyl (C=O) groups excluding carboxylic acids is 2. The van der Waals surface area contributed by atoms with Crippen LogP contribution < -0.4 is 10.1 Å². The highest BCUT2D eigenvalue weighted by molar-refractivity contribution is 6.06. The van der Waals surface area contributed by atoms with Gasteiger partial charge in [-0.15, -0.1) is 13.2 Å². The highest BCUT2D eigenvalue weighted by Gasteiger charge is 2.33. The van der Waals surface area contributed by atoms with E-state index in [-0.39, 0.29) is 34.3 Å². The summed E-state index contributed by atoms with van der Waals surface area (Å²) in [5.74, 6) is -1.33. The fourth-order valence-corrected chi connectivity index (χ4v) is 3.89. The van der Waals surface area contributed by atoms with E-state index in [2.05, 4.69) is 20.1 Å². The molecule has 1 fully saturated rings. The van der Waals surface area contributed by atoms with Gasteiger partial charge in [-0.3, -0.25) is 14.5 Å². The summed E-state index contributed by atoms with van der Waals surface area (Å²) in [6.07, 6.45) is 3.05. The van der Waals surface area contributed by atoms with Crippen molar-refractivity contribution in [2.24, 2.45) is 5.92 Å². The fourth-order valence-electron chi connectivity index (χ4n) is 3.89. The van der Waals surface area contributed by atoms with Crippen LogP contribution in [0.2, 0.25) is 0 Å². The molecule has 1 N–H and O–H groups in total. The molecular weight excluding hydrogens is 439 g/mol. The Balaban J connectivity index is 1.66. The number of aromatic nitrogens is 3. The van der Waals surface area contributed by atoms with E-state index < -0.39 is 18.0 Å². The summed E-state index contributed by atoms with van der Waals surface area (Å²) in [6, 6.07) is 5.63. The van der Waals surface area contributed by atoms with Gasteiger partial charge in [0.2, 0.25) is 0 Å². The number of carbonyl (C=O) groups is 2. The van der Waals surface area contributed by atoms with Crippen LogP contribution in [-0.2, 0) is 4.79 Å². The minimum atomic E-state index is -4.98. The van der Waals surface area contributed by atoms with E-state index in [0.29, 0.717) is 5.39 Å². The van der Waals surface area contributed by atoms with Crippen molar-refractivity contribution in [3.63, 3.8) is 0 Å². The van der Waals surface area contributed by atoms with E-state index in [4.69, 9.17) is 5.26 Å². The number of pyridine rings is 1. The molecule has 0 saturated heterocycles. The molecular formula is C22H18F3N5O3. The number of hydrogen-bond acceptors (Lipinski definition) is 6. The van der Waals surface area contributed by atoms with Crippen molar-refractivity contribution in [3.8, 4) is 11.8 Å². The lowest BCUT2D eigenvalue weighted by molar-refractivity contribution is -0.274. The van der Waals surface area contributed by atoms with E-state index >= 15 is 0 Å². The molecule has 4 rings (SSSR count). The molecule has 1 saturated carbocycles. The van der Waals surface area contributed by atoms with Crippen LogP contribution in [0, 0.1) is 17.2 Å². The zero-order valence-electron chi connectivity index (χ0n) is 17.2. The van der Waals surface area contributed by atoms with E-state index in [9.17, 15) is 22.8 Å². The van der Waals surface area contributed by atoms with Gasteiger partial charge in [0.1, 0.15) is 12.4 Å². The van der Waals surface area contributed by atoms with Gasteiger partial charge in [0, 0.05) is 36.0 Å². The first-order valence-corrected chi connectivity index (χ1v) is 10.2. The molecule has 1 aromatic carbocycles. The number of anilines is 1. The molecule has 8 nitrogen and oxygen atoms in total. The first kappa shape index (κ1) is 22.3. The van der Waals surface area contributed by atoms with Crippen molar-refractivity contribution < 1.29 is 27.5 Å². The number of ether oxygens (including phenoxy) is 1. The number of hydrogen-bond donors (Lipinski definition) is 1. The molecule has 170 valence electrons. The maximum absolute atomic E-state index is 13.0. The lowest BCUT2D eigenvalue weighted by Crippen LogP contribution is -2.20. The Bertz CT molecular complexity index is 1240. The molecule has 0 unspecified atom stereocenters. The van der Waals surface area contributed by atoms with Crippen molar-refractivity contribution in [2.75, 3.05) is 5.32 Å². The van der Waals surface area contributed by atoms with Gasteiger partial charge < -0.3 is 14.8 Å². The van der Waals surface area contributed by atoms with Crippen molar-refractivity contribution in [1.29, 1.82) is 5.26 Å². The second kappa shape index (κ2) is 8.90. The monoisotopic (exact) mass is 457 g/mol. The maximum Gasteiger partial charge on any atom is 0.573 e. The topological polar surface area (TPSA) is 110 Å². The Morgan fingerprint density at radius 2 is 1.97 bits per heavy atom. The molecule has 0 atom stereocenters. The van der Waals surface area contributed by atoms with Crippen LogP contribution in [0.3, 0.4) is 0 Å². The standard InChI is InChI=1S/C22H18F3N5O3/c23-22(24,25)33-20-7-18-16(11-30(29-18)17-3-1-13(12-31)2-4-17)6-19(20)28-21(32)15-5-14(8-26)9-27-10-15/h5-7,9-13,17H,1-4H2,(H,28,32). The fraction of sp³-hybridized carbons (Fsp3) is 0.318. The second-order valence-corrected chi connectivity index (χ2v) is 7.80. The van der Waals surface area contributed by atoms with Crippen molar-refractivity contribution in [1.82, 2.24) is 14.8 Å². The number of benzene rings is 1. The van der Waals surface area contributed by atoms with Crippen LogP contribution in [0.5, 0.6) is 5.75 Å². The van der Waals surface area contributed by atoms with Gasteiger partial charge in [-0.25, -0.2) is 0 Å². The summed E-state index contributed by atoms with van der Waals surface area (Å²) in [6.45, 7) is 0. The Labute approximate surface area is 186 Å². The van der Waals surface area contributed by atoms with Crippen LogP contribution in [0.1, 0.15) is 47.6 Å². The molecule has 2 aromatic heterocycles. The van der Waals surface area contributed by atoms with Crippen LogP contribution in [0.4, 0.5) is 18.9 Å². The van der Waals surface area contributed by atoms with Crippen molar-refractivity contribution in [2.45, 2.75) is 38.1 Å². The zero-order chi connectivity index (χ0) is 23.6. The summed E-state index contributed by atoms with van der Waals surface area (Å²) in [4.78, 5) is 27.4. The van der Waals surface area contributed by atoms with Gasteiger partial charge in [0.05, 0.1) is 28.4 Å². The molecule has 0 aliphatic heterocycles. The van der Waals surface area contributed by atoms with Crippen LogP contribution in [0.25, 0.3) is 10.9 Å². The number of halogens is 3. The third kappa shape index (κ3) is 5.11. The smallest absolute Gasteiger partial charge is 0.403 e. The number of rotatable bonds is 5. The number of nitrogens with zero attached hydrogens (tertiary/aromatic N) is 4. The number of fused-ring (bicyclic) bond motifs is 1. The zero-order valence-corrected chi connectivity index (χ0v) is 17.2. The molecule has 1 aliphatic rings. The van der Waals surface area contributed by atoms with Crippen molar-refractivity contribution in [3.05, 3.63) is 47.9 Å². The minimum absolute atomic E-state index is 0.00902. The summed E-state index contributed by atoms with van der Waals surface area (Å²) in [5, 5.41) is 16.3. The highest BCUT2D eigenvalue weighted by Crippen LogP contribution is 2.36. The van der Waals surface area contributed by atoms with Gasteiger partial charge in [-0.05, 0) is 37.8 Å². The van der Waals surface area contributed by atoms with Crippen molar-refractivity contribution >= 4 is 28.8 Å². The molecule has 33 heavy (non-hydrogen) atoms. The number of alkyl halides is 3. The van der Waals surface area contributed by atoms with E-state index in [1.165, 1.54) is 24.5 Å². The number of nitriles is 1. The van der Waals surface area contributed by atoms with Gasteiger partial charge in [-0.1, -0.05) is 0 Å². The number of aldehydes is 1. The number of nitrogens with one attached hydrogen (secondary N) is 1. The largest absolute Gasteiger partial charge is 0.573 e. The Hall–Kier alpha value is -3.94.